The molecule has 25 heavy (non-hydrogen) atoms. The Morgan fingerprint density at radius 3 is 2.56 bits per heavy atom. The maximum atomic E-state index is 11.7. The summed E-state index contributed by atoms with van der Waals surface area (Å²) < 4.78 is 15.9. The van der Waals surface area contributed by atoms with Crippen LogP contribution in [-0.2, 0) is 11.3 Å². The molecule has 0 saturated heterocycles. The predicted octanol–water partition coefficient (Wildman–Crippen LogP) is 4.87. The van der Waals surface area contributed by atoms with E-state index in [1.54, 1.807) is 6.07 Å². The fraction of sp³-hybridized carbons (Fsp3) is 0.150. The van der Waals surface area contributed by atoms with E-state index in [0.717, 1.165) is 16.3 Å². The van der Waals surface area contributed by atoms with Gasteiger partial charge >= 0.3 is 5.97 Å². The Labute approximate surface area is 150 Å². The highest BCUT2D eigenvalue weighted by Gasteiger charge is 2.16. The van der Waals surface area contributed by atoms with E-state index in [2.05, 4.69) is 12.1 Å². The van der Waals surface area contributed by atoms with Crippen molar-refractivity contribution in [3.05, 3.63) is 70.7 Å². The Morgan fingerprint density at radius 1 is 1.04 bits per heavy atom. The zero-order valence-corrected chi connectivity index (χ0v) is 14.7. The largest absolute Gasteiger partial charge is 0.493 e. The minimum absolute atomic E-state index is 0.292. The van der Waals surface area contributed by atoms with Gasteiger partial charge in [-0.25, -0.2) is 4.79 Å². The van der Waals surface area contributed by atoms with Gasteiger partial charge in [-0.05, 0) is 28.5 Å². The number of hydrogen-bond acceptors (Lipinski definition) is 4. The van der Waals surface area contributed by atoms with Gasteiger partial charge in [-0.1, -0.05) is 54.1 Å². The normalized spacial score (nSPS) is 10.5. The van der Waals surface area contributed by atoms with Gasteiger partial charge in [-0.3, -0.25) is 0 Å². The maximum Gasteiger partial charge on any atom is 0.338 e. The lowest BCUT2D eigenvalue weighted by Crippen LogP contribution is -2.04. The van der Waals surface area contributed by atoms with Crippen LogP contribution in [0.4, 0.5) is 0 Å². The first-order valence-corrected chi connectivity index (χ1v) is 8.07. The van der Waals surface area contributed by atoms with E-state index in [1.165, 1.54) is 20.3 Å². The van der Waals surface area contributed by atoms with E-state index in [-0.39, 0.29) is 0 Å². The van der Waals surface area contributed by atoms with Gasteiger partial charge in [0.1, 0.15) is 6.61 Å². The van der Waals surface area contributed by atoms with Crippen LogP contribution in [0.2, 0.25) is 5.02 Å². The van der Waals surface area contributed by atoms with Gasteiger partial charge in [0.05, 0.1) is 24.8 Å². The highest BCUT2D eigenvalue weighted by Crippen LogP contribution is 2.37. The molecule has 3 aromatic rings. The summed E-state index contributed by atoms with van der Waals surface area (Å²) in [6, 6.07) is 17.2. The van der Waals surface area contributed by atoms with Crippen LogP contribution in [0.25, 0.3) is 10.8 Å². The van der Waals surface area contributed by atoms with Crippen molar-refractivity contribution >= 4 is 28.3 Å². The second-order valence-electron chi connectivity index (χ2n) is 5.41. The smallest absolute Gasteiger partial charge is 0.338 e. The van der Waals surface area contributed by atoms with E-state index in [4.69, 9.17) is 25.8 Å². The molecule has 0 unspecified atom stereocenters. The summed E-state index contributed by atoms with van der Waals surface area (Å²) in [5.41, 5.74) is 1.34. The average Bonchev–Trinajstić information content (AvgIpc) is 2.65. The van der Waals surface area contributed by atoms with E-state index >= 15 is 0 Å². The molecule has 0 aliphatic carbocycles. The molecule has 0 bridgehead atoms. The predicted molar refractivity (Wildman–Crippen MR) is 97.6 cm³/mol. The number of benzene rings is 3. The van der Waals surface area contributed by atoms with Crippen LogP contribution in [0.3, 0.4) is 0 Å². The van der Waals surface area contributed by atoms with Crippen LogP contribution in [0.1, 0.15) is 15.9 Å². The summed E-state index contributed by atoms with van der Waals surface area (Å²) in [6.45, 7) is 0.328. The number of methoxy groups -OCH3 is 2. The van der Waals surface area contributed by atoms with Crippen LogP contribution < -0.4 is 9.47 Å². The van der Waals surface area contributed by atoms with Gasteiger partial charge in [0, 0.05) is 0 Å². The summed E-state index contributed by atoms with van der Waals surface area (Å²) >= 11 is 6.29. The van der Waals surface area contributed by atoms with Crippen LogP contribution in [-0.4, -0.2) is 20.2 Å². The zero-order valence-electron chi connectivity index (χ0n) is 13.9. The summed E-state index contributed by atoms with van der Waals surface area (Å²) in [6.07, 6.45) is 0. The molecular weight excluding hydrogens is 340 g/mol. The van der Waals surface area contributed by atoms with Crippen molar-refractivity contribution < 1.29 is 19.0 Å². The van der Waals surface area contributed by atoms with Crippen molar-refractivity contribution in [2.24, 2.45) is 0 Å². The Hall–Kier alpha value is -2.72. The van der Waals surface area contributed by atoms with E-state index in [9.17, 15) is 4.79 Å². The molecule has 0 N–H and O–H groups in total. The first-order chi connectivity index (χ1) is 12.1. The first kappa shape index (κ1) is 17.1. The average molecular weight is 357 g/mol. The molecule has 0 fully saturated rings. The molecule has 0 spiro atoms. The number of hydrogen-bond donors (Lipinski definition) is 0. The second-order valence-corrected chi connectivity index (χ2v) is 5.82. The zero-order chi connectivity index (χ0) is 17.8. The lowest BCUT2D eigenvalue weighted by Gasteiger charge is -2.14. The monoisotopic (exact) mass is 356 g/mol. The number of carbonyl (C=O) groups is 1. The van der Waals surface area contributed by atoms with Crippen molar-refractivity contribution in [1.82, 2.24) is 0 Å². The molecule has 0 aliphatic rings. The first-order valence-electron chi connectivity index (χ1n) is 7.69. The van der Waals surface area contributed by atoms with Gasteiger partial charge < -0.3 is 14.2 Å². The summed E-state index contributed by atoms with van der Waals surface area (Å²) in [7, 11) is 2.81. The quantitative estimate of drug-likeness (QED) is 0.612. The number of rotatable bonds is 5. The van der Waals surface area contributed by atoms with Crippen molar-refractivity contribution in [2.45, 2.75) is 6.61 Å². The summed E-state index contributed by atoms with van der Waals surface area (Å²) in [5.74, 6) is 0.290. The molecule has 0 radical (unpaired) electrons. The Balaban J connectivity index is 1.91. The van der Waals surface area contributed by atoms with E-state index in [0.29, 0.717) is 28.7 Å². The van der Waals surface area contributed by atoms with Crippen molar-refractivity contribution in [2.75, 3.05) is 14.2 Å². The summed E-state index contributed by atoms with van der Waals surface area (Å²) in [5, 5.41) is 2.55. The van der Waals surface area contributed by atoms with Crippen LogP contribution in [0, 0.1) is 0 Å². The van der Waals surface area contributed by atoms with Crippen LogP contribution >= 0.6 is 11.6 Å². The second kappa shape index (κ2) is 7.45. The maximum absolute atomic E-state index is 11.7. The number of carbonyl (C=O) groups excluding carboxylic acids is 1. The van der Waals surface area contributed by atoms with Gasteiger partial charge in [-0.15, -0.1) is 0 Å². The molecule has 3 rings (SSSR count). The molecule has 128 valence electrons. The van der Waals surface area contributed by atoms with Gasteiger partial charge in [0.2, 0.25) is 0 Å². The molecule has 0 aromatic heterocycles. The van der Waals surface area contributed by atoms with Crippen molar-refractivity contribution in [3.63, 3.8) is 0 Å². The minimum atomic E-state index is -0.485. The molecule has 0 heterocycles. The Kier molecular flexibility index (Phi) is 5.10. The van der Waals surface area contributed by atoms with Crippen LogP contribution in [0.5, 0.6) is 11.5 Å². The number of esters is 1. The molecule has 0 aliphatic heterocycles. The third-order valence-electron chi connectivity index (χ3n) is 3.90. The van der Waals surface area contributed by atoms with Gasteiger partial charge in [0.25, 0.3) is 0 Å². The number of ether oxygens (including phenoxy) is 3. The minimum Gasteiger partial charge on any atom is -0.493 e. The number of fused-ring (bicyclic) bond motifs is 1. The van der Waals surface area contributed by atoms with Gasteiger partial charge in [0.15, 0.2) is 11.5 Å². The fourth-order valence-corrected chi connectivity index (χ4v) is 2.93. The SMILES string of the molecule is COC(=O)c1cc(Cl)c(OCc2cccc3ccccc23)c(OC)c1. The molecular formula is C20H17ClO4. The standard InChI is InChI=1S/C20H17ClO4/c1-23-18-11-15(20(22)24-2)10-17(21)19(18)25-12-14-8-5-7-13-6-3-4-9-16(13)14/h3-11H,12H2,1-2H3. The molecule has 0 saturated carbocycles. The van der Waals surface area contributed by atoms with Crippen LogP contribution in [0.15, 0.2) is 54.6 Å². The topological polar surface area (TPSA) is 44.8 Å². The molecule has 0 amide bonds. The van der Waals surface area contributed by atoms with Crippen molar-refractivity contribution in [3.8, 4) is 11.5 Å². The molecule has 0 atom stereocenters. The molecule has 5 heteroatoms. The fourth-order valence-electron chi connectivity index (χ4n) is 2.66. The van der Waals surface area contributed by atoms with E-state index in [1.807, 2.05) is 30.3 Å². The lowest BCUT2D eigenvalue weighted by atomic mass is 10.1. The molecule has 4 nitrogen and oxygen atoms in total. The Bertz CT molecular complexity index is 915. The highest BCUT2D eigenvalue weighted by molar-refractivity contribution is 6.32. The number of halogens is 1. The molecule has 3 aromatic carbocycles. The highest BCUT2D eigenvalue weighted by atomic mass is 35.5. The van der Waals surface area contributed by atoms with Crippen molar-refractivity contribution in [1.29, 1.82) is 0 Å². The third kappa shape index (κ3) is 3.54. The Morgan fingerprint density at radius 2 is 1.80 bits per heavy atom. The van der Waals surface area contributed by atoms with Gasteiger partial charge in [-0.2, -0.15) is 0 Å². The third-order valence-corrected chi connectivity index (χ3v) is 4.18. The van der Waals surface area contributed by atoms with E-state index < -0.39 is 5.97 Å². The summed E-state index contributed by atoms with van der Waals surface area (Å²) in [4.78, 5) is 11.7. The lowest BCUT2D eigenvalue weighted by molar-refractivity contribution is 0.0600.